The lowest BCUT2D eigenvalue weighted by Gasteiger charge is -2.47. The molecule has 1 fully saturated rings. The Morgan fingerprint density at radius 2 is 1.81 bits per heavy atom. The number of benzene rings is 2. The average molecular weight is 304 g/mol. The molecule has 110 valence electrons. The predicted molar refractivity (Wildman–Crippen MR) is 85.1 cm³/mol. The lowest BCUT2D eigenvalue weighted by Crippen LogP contribution is -2.51. The Morgan fingerprint density at radius 1 is 1.10 bits per heavy atom. The van der Waals surface area contributed by atoms with Crippen LogP contribution in [0.4, 0.5) is 4.39 Å². The van der Waals surface area contributed by atoms with E-state index >= 15 is 0 Å². The SMILES string of the molecule is NC(Cc1cccc(F)c1Cl)C1(c2ccccc2)CCC1. The smallest absolute Gasteiger partial charge is 0.142 e. The Hall–Kier alpha value is -1.38. The van der Waals surface area contributed by atoms with Gasteiger partial charge in [0.05, 0.1) is 5.02 Å². The molecular formula is C18H19ClFN. The monoisotopic (exact) mass is 303 g/mol. The van der Waals surface area contributed by atoms with Crippen molar-refractivity contribution in [2.45, 2.75) is 37.1 Å². The van der Waals surface area contributed by atoms with Crippen LogP contribution in [0.15, 0.2) is 48.5 Å². The molecule has 0 radical (unpaired) electrons. The maximum absolute atomic E-state index is 13.6. The molecule has 0 bridgehead atoms. The van der Waals surface area contributed by atoms with Crippen molar-refractivity contribution in [2.24, 2.45) is 5.73 Å². The molecule has 1 atom stereocenters. The number of halogens is 2. The van der Waals surface area contributed by atoms with Crippen LogP contribution in [0.2, 0.25) is 5.02 Å². The van der Waals surface area contributed by atoms with Gasteiger partial charge in [-0.3, -0.25) is 0 Å². The molecule has 0 aromatic heterocycles. The fourth-order valence-electron chi connectivity index (χ4n) is 3.34. The first kappa shape index (κ1) is 14.6. The van der Waals surface area contributed by atoms with E-state index in [9.17, 15) is 4.39 Å². The van der Waals surface area contributed by atoms with Crippen molar-refractivity contribution in [2.75, 3.05) is 0 Å². The highest BCUT2D eigenvalue weighted by molar-refractivity contribution is 6.31. The minimum atomic E-state index is -0.372. The molecule has 1 aliphatic rings. The molecular weight excluding hydrogens is 285 g/mol. The second kappa shape index (κ2) is 5.78. The molecule has 3 rings (SSSR count). The van der Waals surface area contributed by atoms with Gasteiger partial charge in [0, 0.05) is 11.5 Å². The van der Waals surface area contributed by atoms with Crippen molar-refractivity contribution < 1.29 is 4.39 Å². The van der Waals surface area contributed by atoms with Gasteiger partial charge in [0.25, 0.3) is 0 Å². The van der Waals surface area contributed by atoms with Crippen molar-refractivity contribution in [3.05, 3.63) is 70.5 Å². The standard InChI is InChI=1S/C18H19ClFN/c19-17-13(6-4-9-15(17)20)12-16(21)18(10-5-11-18)14-7-2-1-3-8-14/h1-4,6-9,16H,5,10-12,21H2. The number of rotatable bonds is 4. The molecule has 1 aliphatic carbocycles. The first-order valence-electron chi connectivity index (χ1n) is 7.37. The highest BCUT2D eigenvalue weighted by atomic mass is 35.5. The van der Waals surface area contributed by atoms with E-state index in [4.69, 9.17) is 17.3 Å². The molecule has 1 nitrogen and oxygen atoms in total. The van der Waals surface area contributed by atoms with Gasteiger partial charge in [-0.25, -0.2) is 4.39 Å². The molecule has 0 amide bonds. The van der Waals surface area contributed by atoms with Crippen LogP contribution < -0.4 is 5.73 Å². The highest BCUT2D eigenvalue weighted by Crippen LogP contribution is 2.46. The Kier molecular flexibility index (Phi) is 4.01. The zero-order valence-electron chi connectivity index (χ0n) is 11.9. The molecule has 3 heteroatoms. The van der Waals surface area contributed by atoms with Crippen molar-refractivity contribution in [1.82, 2.24) is 0 Å². The Bertz CT molecular complexity index is 622. The second-order valence-corrected chi connectivity index (χ2v) is 6.28. The molecule has 1 unspecified atom stereocenters. The van der Waals surface area contributed by atoms with Gasteiger partial charge in [-0.05, 0) is 36.5 Å². The van der Waals surface area contributed by atoms with E-state index in [1.807, 2.05) is 12.1 Å². The molecule has 0 spiro atoms. The Labute approximate surface area is 129 Å². The van der Waals surface area contributed by atoms with Gasteiger partial charge in [0.2, 0.25) is 0 Å². The molecule has 2 N–H and O–H groups in total. The van der Waals surface area contributed by atoms with Crippen molar-refractivity contribution in [3.63, 3.8) is 0 Å². The van der Waals surface area contributed by atoms with Crippen molar-refractivity contribution in [3.8, 4) is 0 Å². The van der Waals surface area contributed by atoms with Gasteiger partial charge in [-0.1, -0.05) is 60.5 Å². The summed E-state index contributed by atoms with van der Waals surface area (Å²) < 4.78 is 13.6. The topological polar surface area (TPSA) is 26.0 Å². The summed E-state index contributed by atoms with van der Waals surface area (Å²) in [4.78, 5) is 0. The zero-order chi connectivity index (χ0) is 14.9. The number of nitrogens with two attached hydrogens (primary N) is 1. The van der Waals surface area contributed by atoms with Gasteiger partial charge in [0.1, 0.15) is 5.82 Å². The van der Waals surface area contributed by atoms with Gasteiger partial charge in [0.15, 0.2) is 0 Å². The third-order valence-corrected chi connectivity index (χ3v) is 5.20. The fourth-order valence-corrected chi connectivity index (χ4v) is 3.54. The lowest BCUT2D eigenvalue weighted by molar-refractivity contribution is 0.194. The summed E-state index contributed by atoms with van der Waals surface area (Å²) in [5, 5.41) is 0.204. The van der Waals surface area contributed by atoms with Crippen LogP contribution >= 0.6 is 11.6 Å². The maximum Gasteiger partial charge on any atom is 0.142 e. The first-order chi connectivity index (χ1) is 10.1. The summed E-state index contributed by atoms with van der Waals surface area (Å²) >= 11 is 6.06. The summed E-state index contributed by atoms with van der Waals surface area (Å²) in [5.74, 6) is -0.372. The lowest BCUT2D eigenvalue weighted by atomic mass is 9.59. The van der Waals surface area contributed by atoms with Crippen LogP contribution in [-0.4, -0.2) is 6.04 Å². The quantitative estimate of drug-likeness (QED) is 0.886. The maximum atomic E-state index is 13.6. The van der Waals surface area contributed by atoms with E-state index in [0.29, 0.717) is 6.42 Å². The molecule has 1 saturated carbocycles. The molecule has 0 saturated heterocycles. The Morgan fingerprint density at radius 3 is 2.43 bits per heavy atom. The Balaban J connectivity index is 1.87. The van der Waals surface area contributed by atoms with Crippen LogP contribution in [0.5, 0.6) is 0 Å². The number of hydrogen-bond acceptors (Lipinski definition) is 1. The fraction of sp³-hybridized carbons (Fsp3) is 0.333. The van der Waals surface area contributed by atoms with Crippen molar-refractivity contribution in [1.29, 1.82) is 0 Å². The van der Waals surface area contributed by atoms with E-state index in [1.54, 1.807) is 6.07 Å². The summed E-state index contributed by atoms with van der Waals surface area (Å²) in [6, 6.07) is 15.3. The average Bonchev–Trinajstić information content (AvgIpc) is 2.44. The molecule has 0 aliphatic heterocycles. The van der Waals surface area contributed by atoms with Gasteiger partial charge >= 0.3 is 0 Å². The molecule has 2 aromatic rings. The van der Waals surface area contributed by atoms with E-state index in [2.05, 4.69) is 24.3 Å². The van der Waals surface area contributed by atoms with E-state index < -0.39 is 0 Å². The molecule has 0 heterocycles. The third-order valence-electron chi connectivity index (χ3n) is 4.78. The van der Waals surface area contributed by atoms with Gasteiger partial charge in [-0.15, -0.1) is 0 Å². The number of hydrogen-bond donors (Lipinski definition) is 1. The zero-order valence-corrected chi connectivity index (χ0v) is 12.6. The first-order valence-corrected chi connectivity index (χ1v) is 7.75. The molecule has 2 aromatic carbocycles. The van der Waals surface area contributed by atoms with E-state index in [1.165, 1.54) is 18.1 Å². The summed E-state index contributed by atoms with van der Waals surface area (Å²) in [6.45, 7) is 0. The van der Waals surface area contributed by atoms with Crippen LogP contribution in [0.25, 0.3) is 0 Å². The predicted octanol–water partition coefficient (Wildman–Crippen LogP) is 4.47. The van der Waals surface area contributed by atoms with Crippen LogP contribution in [0.3, 0.4) is 0 Å². The van der Waals surface area contributed by atoms with E-state index in [-0.39, 0.29) is 22.3 Å². The minimum Gasteiger partial charge on any atom is -0.327 e. The second-order valence-electron chi connectivity index (χ2n) is 5.90. The van der Waals surface area contributed by atoms with Crippen LogP contribution in [0, 0.1) is 5.82 Å². The summed E-state index contributed by atoms with van der Waals surface area (Å²) in [6.07, 6.45) is 3.97. The van der Waals surface area contributed by atoms with Crippen LogP contribution in [0.1, 0.15) is 30.4 Å². The largest absolute Gasteiger partial charge is 0.327 e. The van der Waals surface area contributed by atoms with Crippen molar-refractivity contribution >= 4 is 11.6 Å². The normalized spacial score (nSPS) is 18.0. The minimum absolute atomic E-state index is 0.0108. The summed E-state index contributed by atoms with van der Waals surface area (Å²) in [5.41, 5.74) is 8.61. The highest BCUT2D eigenvalue weighted by Gasteiger charge is 2.43. The van der Waals surface area contributed by atoms with Gasteiger partial charge < -0.3 is 5.73 Å². The third kappa shape index (κ3) is 2.58. The molecule has 21 heavy (non-hydrogen) atoms. The summed E-state index contributed by atoms with van der Waals surface area (Å²) in [7, 11) is 0. The van der Waals surface area contributed by atoms with E-state index in [0.717, 1.165) is 18.4 Å². The van der Waals surface area contributed by atoms with Crippen LogP contribution in [-0.2, 0) is 11.8 Å². The van der Waals surface area contributed by atoms with Gasteiger partial charge in [-0.2, -0.15) is 0 Å².